The van der Waals surface area contributed by atoms with E-state index in [0.29, 0.717) is 6.41 Å². The first-order chi connectivity index (χ1) is 6.15. The third-order valence-corrected chi connectivity index (χ3v) is 1.70. The van der Waals surface area contributed by atoms with Gasteiger partial charge in [0.05, 0.1) is 15.6 Å². The molecule has 1 aromatic rings. The average Bonchev–Trinajstić information content (AvgIpc) is 2.08. The van der Waals surface area contributed by atoms with E-state index in [1.54, 1.807) is 0 Å². The molecule has 0 saturated heterocycles. The Morgan fingerprint density at radius 2 is 2.23 bits per heavy atom. The number of rotatable bonds is 3. The molecule has 1 amide bonds. The van der Waals surface area contributed by atoms with Crippen molar-refractivity contribution in [1.82, 2.24) is 0 Å². The Morgan fingerprint density at radius 1 is 1.54 bits per heavy atom. The minimum Gasteiger partial charge on any atom is -0.327 e. The number of carbonyl (C=O) groups is 1. The highest BCUT2D eigenvalue weighted by Gasteiger charge is 2.08. The van der Waals surface area contributed by atoms with Crippen molar-refractivity contribution in [3.8, 4) is 0 Å². The molecule has 5 nitrogen and oxygen atoms in total. The predicted octanol–water partition coefficient (Wildman–Crippen LogP) is 1.82. The second-order valence-corrected chi connectivity index (χ2v) is 2.59. The van der Waals surface area contributed by atoms with Gasteiger partial charge in [-0.1, -0.05) is 11.6 Å². The van der Waals surface area contributed by atoms with Crippen molar-refractivity contribution >= 4 is 29.4 Å². The largest absolute Gasteiger partial charge is 0.327 e. The van der Waals surface area contributed by atoms with Crippen LogP contribution in [0.3, 0.4) is 0 Å². The van der Waals surface area contributed by atoms with Gasteiger partial charge in [-0.25, -0.2) is 0 Å². The van der Waals surface area contributed by atoms with Gasteiger partial charge in [0.1, 0.15) is 0 Å². The Labute approximate surface area is 78.5 Å². The van der Waals surface area contributed by atoms with Gasteiger partial charge in [-0.15, -0.1) is 0 Å². The van der Waals surface area contributed by atoms with Crippen LogP contribution < -0.4 is 5.32 Å². The molecule has 0 fully saturated rings. The van der Waals surface area contributed by atoms with Gasteiger partial charge in [-0.3, -0.25) is 14.9 Å². The number of halogens is 1. The zero-order valence-corrected chi connectivity index (χ0v) is 7.12. The third kappa shape index (κ3) is 2.16. The van der Waals surface area contributed by atoms with Crippen molar-refractivity contribution in [3.63, 3.8) is 0 Å². The second kappa shape index (κ2) is 3.86. The van der Waals surface area contributed by atoms with Crippen molar-refractivity contribution in [2.75, 3.05) is 5.32 Å². The van der Waals surface area contributed by atoms with E-state index in [1.807, 2.05) is 0 Å². The smallest absolute Gasteiger partial charge is 0.271 e. The van der Waals surface area contributed by atoms with Crippen LogP contribution in [0, 0.1) is 10.1 Å². The van der Waals surface area contributed by atoms with Gasteiger partial charge in [0, 0.05) is 12.1 Å². The van der Waals surface area contributed by atoms with E-state index in [2.05, 4.69) is 5.32 Å². The van der Waals surface area contributed by atoms with E-state index in [1.165, 1.54) is 18.2 Å². The third-order valence-electron chi connectivity index (χ3n) is 1.38. The maximum atomic E-state index is 10.3. The standard InChI is InChI=1S/C7H5ClN2O3/c8-6-2-1-5(10(12)13)3-7(6)9-4-11/h1-4H,(H,9,11). The quantitative estimate of drug-likeness (QED) is 0.460. The van der Waals surface area contributed by atoms with Crippen molar-refractivity contribution in [1.29, 1.82) is 0 Å². The summed E-state index contributed by atoms with van der Waals surface area (Å²) in [6.45, 7) is 0. The minimum atomic E-state index is -0.563. The maximum Gasteiger partial charge on any atom is 0.271 e. The van der Waals surface area contributed by atoms with Gasteiger partial charge in [-0.05, 0) is 6.07 Å². The second-order valence-electron chi connectivity index (χ2n) is 2.18. The summed E-state index contributed by atoms with van der Waals surface area (Å²) in [5.74, 6) is 0. The van der Waals surface area contributed by atoms with Crippen LogP contribution in [0.5, 0.6) is 0 Å². The van der Waals surface area contributed by atoms with Gasteiger partial charge in [0.25, 0.3) is 5.69 Å². The van der Waals surface area contributed by atoms with Crippen LogP contribution in [-0.2, 0) is 4.79 Å². The van der Waals surface area contributed by atoms with E-state index in [4.69, 9.17) is 11.6 Å². The lowest BCUT2D eigenvalue weighted by Gasteiger charge is -2.00. The molecule has 0 aliphatic heterocycles. The number of hydrogen-bond acceptors (Lipinski definition) is 3. The van der Waals surface area contributed by atoms with Gasteiger partial charge in [0.15, 0.2) is 0 Å². The molecule has 0 aliphatic rings. The zero-order chi connectivity index (χ0) is 9.84. The lowest BCUT2D eigenvalue weighted by atomic mass is 10.3. The fourth-order valence-electron chi connectivity index (χ4n) is 0.801. The first-order valence-electron chi connectivity index (χ1n) is 3.29. The lowest BCUT2D eigenvalue weighted by molar-refractivity contribution is -0.384. The highest BCUT2D eigenvalue weighted by atomic mass is 35.5. The van der Waals surface area contributed by atoms with Gasteiger partial charge in [-0.2, -0.15) is 0 Å². The molecule has 13 heavy (non-hydrogen) atoms. The first kappa shape index (κ1) is 9.47. The van der Waals surface area contributed by atoms with Crippen molar-refractivity contribution < 1.29 is 9.72 Å². The number of benzene rings is 1. The Balaban J connectivity index is 3.10. The van der Waals surface area contributed by atoms with E-state index < -0.39 is 4.92 Å². The number of nitrogens with one attached hydrogen (secondary N) is 1. The van der Waals surface area contributed by atoms with E-state index in [9.17, 15) is 14.9 Å². The summed E-state index contributed by atoms with van der Waals surface area (Å²) in [5.41, 5.74) is 0.111. The topological polar surface area (TPSA) is 72.2 Å². The molecule has 6 heteroatoms. The first-order valence-corrected chi connectivity index (χ1v) is 3.67. The highest BCUT2D eigenvalue weighted by Crippen LogP contribution is 2.25. The van der Waals surface area contributed by atoms with Crippen LogP contribution in [0.2, 0.25) is 5.02 Å². The van der Waals surface area contributed by atoms with Crippen molar-refractivity contribution in [2.24, 2.45) is 0 Å². The lowest BCUT2D eigenvalue weighted by Crippen LogP contribution is -1.96. The number of amides is 1. The van der Waals surface area contributed by atoms with Crippen LogP contribution in [0.4, 0.5) is 11.4 Å². The summed E-state index contributed by atoms with van der Waals surface area (Å²) in [5, 5.41) is 12.8. The van der Waals surface area contributed by atoms with Crippen molar-refractivity contribution in [3.05, 3.63) is 33.3 Å². The molecule has 0 spiro atoms. The average molecular weight is 201 g/mol. The summed E-state index contributed by atoms with van der Waals surface area (Å²) < 4.78 is 0. The number of nitrogens with zero attached hydrogens (tertiary/aromatic N) is 1. The number of hydrogen-bond donors (Lipinski definition) is 1. The molecule has 0 aliphatic carbocycles. The Kier molecular flexibility index (Phi) is 2.81. The molecule has 0 bridgehead atoms. The van der Waals surface area contributed by atoms with Crippen molar-refractivity contribution in [2.45, 2.75) is 0 Å². The summed E-state index contributed by atoms with van der Waals surface area (Å²) in [6, 6.07) is 3.81. The predicted molar refractivity (Wildman–Crippen MR) is 47.8 cm³/mol. The van der Waals surface area contributed by atoms with Crippen LogP contribution in [0.1, 0.15) is 0 Å². The summed E-state index contributed by atoms with van der Waals surface area (Å²) >= 11 is 5.64. The van der Waals surface area contributed by atoms with E-state index in [-0.39, 0.29) is 16.4 Å². The van der Waals surface area contributed by atoms with Crippen LogP contribution >= 0.6 is 11.6 Å². The molecular formula is C7H5ClN2O3. The molecule has 1 aromatic carbocycles. The summed E-state index contributed by atoms with van der Waals surface area (Å²) in [6.07, 6.45) is 0.408. The molecule has 0 atom stereocenters. The fraction of sp³-hybridized carbons (Fsp3) is 0. The SMILES string of the molecule is O=CNc1cc([N+](=O)[O-])ccc1Cl. The number of nitro groups is 1. The van der Waals surface area contributed by atoms with Crippen LogP contribution in [-0.4, -0.2) is 11.3 Å². The molecule has 1 N–H and O–H groups in total. The number of carbonyl (C=O) groups excluding carboxylic acids is 1. The highest BCUT2D eigenvalue weighted by molar-refractivity contribution is 6.33. The molecular weight excluding hydrogens is 196 g/mol. The molecule has 0 saturated carbocycles. The minimum absolute atomic E-state index is 0.117. The van der Waals surface area contributed by atoms with Crippen LogP contribution in [0.15, 0.2) is 18.2 Å². The number of nitro benzene ring substituents is 1. The summed E-state index contributed by atoms with van der Waals surface area (Å²) in [7, 11) is 0. The molecule has 0 heterocycles. The Hall–Kier alpha value is -1.62. The number of non-ortho nitro benzene ring substituents is 1. The van der Waals surface area contributed by atoms with E-state index in [0.717, 1.165) is 0 Å². The fourth-order valence-corrected chi connectivity index (χ4v) is 0.973. The van der Waals surface area contributed by atoms with Gasteiger partial charge < -0.3 is 5.32 Å². The molecule has 0 radical (unpaired) electrons. The van der Waals surface area contributed by atoms with Crippen LogP contribution in [0.25, 0.3) is 0 Å². The maximum absolute atomic E-state index is 10.3. The van der Waals surface area contributed by atoms with Gasteiger partial charge >= 0.3 is 0 Å². The Bertz CT molecular complexity index is 354. The number of anilines is 1. The van der Waals surface area contributed by atoms with E-state index >= 15 is 0 Å². The van der Waals surface area contributed by atoms with Gasteiger partial charge in [0.2, 0.25) is 6.41 Å². The monoisotopic (exact) mass is 200 g/mol. The molecule has 0 aromatic heterocycles. The molecule has 0 unspecified atom stereocenters. The molecule has 1 rings (SSSR count). The zero-order valence-electron chi connectivity index (χ0n) is 6.36. The Morgan fingerprint density at radius 3 is 2.77 bits per heavy atom. The molecule has 68 valence electrons. The summed E-state index contributed by atoms with van der Waals surface area (Å²) in [4.78, 5) is 19.8. The normalized spacial score (nSPS) is 9.31.